The molecule has 1 amide bonds. The summed E-state index contributed by atoms with van der Waals surface area (Å²) in [6, 6.07) is 6.65. The lowest BCUT2D eigenvalue weighted by Gasteiger charge is -2.11. The van der Waals surface area contributed by atoms with Gasteiger partial charge in [-0.3, -0.25) is 4.79 Å². The van der Waals surface area contributed by atoms with Crippen LogP contribution in [-0.4, -0.2) is 23.6 Å². The second-order valence-corrected chi connectivity index (χ2v) is 4.99. The molecule has 1 aromatic heterocycles. The van der Waals surface area contributed by atoms with E-state index < -0.39 is 11.9 Å². The Labute approximate surface area is 134 Å². The van der Waals surface area contributed by atoms with Gasteiger partial charge in [-0.05, 0) is 31.5 Å². The van der Waals surface area contributed by atoms with Gasteiger partial charge in [0.2, 0.25) is 0 Å². The Bertz CT molecular complexity index is 733. The highest BCUT2D eigenvalue weighted by molar-refractivity contribution is 6.04. The predicted octanol–water partition coefficient (Wildman–Crippen LogP) is 3.50. The van der Waals surface area contributed by atoms with Crippen LogP contribution in [0.1, 0.15) is 46.1 Å². The molecule has 0 unspecified atom stereocenters. The fourth-order valence-corrected chi connectivity index (χ4v) is 2.18. The lowest BCUT2D eigenvalue weighted by Crippen LogP contribution is -2.12. The molecule has 23 heavy (non-hydrogen) atoms. The van der Waals surface area contributed by atoms with Crippen molar-refractivity contribution in [3.05, 3.63) is 46.9 Å². The van der Waals surface area contributed by atoms with Crippen LogP contribution < -0.4 is 10.1 Å². The molecule has 2 rings (SSSR count). The van der Waals surface area contributed by atoms with Gasteiger partial charge in [0.1, 0.15) is 17.1 Å². The molecule has 0 fully saturated rings. The molecule has 0 aliphatic carbocycles. The monoisotopic (exact) mass is 317 g/mol. The molecule has 0 atom stereocenters. The summed E-state index contributed by atoms with van der Waals surface area (Å²) >= 11 is 0. The minimum absolute atomic E-state index is 0.00610. The lowest BCUT2D eigenvalue weighted by atomic mass is 10.2. The molecule has 2 N–H and O–H groups in total. The fraction of sp³-hybridized carbons (Fsp3) is 0.294. The van der Waals surface area contributed by atoms with Crippen molar-refractivity contribution in [1.29, 1.82) is 0 Å². The standard InChI is InChI=1S/C17H19NO5/c1-4-13-11(17(20)21)9-15(23-13)16(19)18-12-7-6-10(3)8-14(12)22-5-2/h6-9H,4-5H2,1-3H3,(H,18,19)(H,20,21). The van der Waals surface area contributed by atoms with Gasteiger partial charge in [-0.2, -0.15) is 0 Å². The first-order chi connectivity index (χ1) is 11.0. The molecule has 6 heteroatoms. The average molecular weight is 317 g/mol. The minimum atomic E-state index is -1.12. The molecule has 0 saturated heterocycles. The molecule has 0 bridgehead atoms. The number of rotatable bonds is 6. The van der Waals surface area contributed by atoms with Crippen molar-refractivity contribution in [2.24, 2.45) is 0 Å². The molecule has 1 aromatic carbocycles. The fourth-order valence-electron chi connectivity index (χ4n) is 2.18. The predicted molar refractivity (Wildman–Crippen MR) is 85.3 cm³/mol. The molecule has 0 aliphatic rings. The van der Waals surface area contributed by atoms with Crippen molar-refractivity contribution in [2.75, 3.05) is 11.9 Å². The summed E-state index contributed by atoms with van der Waals surface area (Å²) in [5.74, 6) is -0.840. The van der Waals surface area contributed by atoms with Gasteiger partial charge in [-0.15, -0.1) is 0 Å². The summed E-state index contributed by atoms with van der Waals surface area (Å²) in [5.41, 5.74) is 1.52. The highest BCUT2D eigenvalue weighted by atomic mass is 16.5. The average Bonchev–Trinajstić information content (AvgIpc) is 2.95. The number of furan rings is 1. The van der Waals surface area contributed by atoms with Crippen molar-refractivity contribution in [1.82, 2.24) is 0 Å². The number of hydrogen-bond acceptors (Lipinski definition) is 4. The normalized spacial score (nSPS) is 10.4. The molecule has 2 aromatic rings. The lowest BCUT2D eigenvalue weighted by molar-refractivity contribution is 0.0694. The number of ether oxygens (including phenoxy) is 1. The van der Waals surface area contributed by atoms with Gasteiger partial charge < -0.3 is 19.6 Å². The van der Waals surface area contributed by atoms with E-state index in [1.807, 2.05) is 26.0 Å². The van der Waals surface area contributed by atoms with E-state index in [1.54, 1.807) is 13.0 Å². The number of benzene rings is 1. The highest BCUT2D eigenvalue weighted by Gasteiger charge is 2.20. The van der Waals surface area contributed by atoms with E-state index in [-0.39, 0.29) is 17.1 Å². The summed E-state index contributed by atoms with van der Waals surface area (Å²) < 4.78 is 10.9. The van der Waals surface area contributed by atoms with E-state index in [0.29, 0.717) is 24.5 Å². The Kier molecular flexibility index (Phi) is 5.05. The number of anilines is 1. The first-order valence-corrected chi connectivity index (χ1v) is 7.37. The Morgan fingerprint density at radius 3 is 2.57 bits per heavy atom. The summed E-state index contributed by atoms with van der Waals surface area (Å²) in [5, 5.41) is 11.8. The first-order valence-electron chi connectivity index (χ1n) is 7.37. The molecule has 122 valence electrons. The third kappa shape index (κ3) is 3.71. The maximum absolute atomic E-state index is 12.3. The zero-order valence-corrected chi connectivity index (χ0v) is 13.3. The minimum Gasteiger partial charge on any atom is -0.492 e. The zero-order chi connectivity index (χ0) is 17.0. The SMILES string of the molecule is CCOc1cc(C)ccc1NC(=O)c1cc(C(=O)O)c(CC)o1. The van der Waals surface area contributed by atoms with E-state index in [2.05, 4.69) is 5.32 Å². The van der Waals surface area contributed by atoms with Crippen molar-refractivity contribution in [3.8, 4) is 5.75 Å². The quantitative estimate of drug-likeness (QED) is 0.851. The number of carbonyl (C=O) groups excluding carboxylic acids is 1. The van der Waals surface area contributed by atoms with E-state index in [0.717, 1.165) is 5.56 Å². The topological polar surface area (TPSA) is 88.8 Å². The molecular weight excluding hydrogens is 298 g/mol. The molecular formula is C17H19NO5. The van der Waals surface area contributed by atoms with Gasteiger partial charge in [-0.1, -0.05) is 13.0 Å². The van der Waals surface area contributed by atoms with Crippen molar-refractivity contribution in [2.45, 2.75) is 27.2 Å². The molecule has 0 spiro atoms. The van der Waals surface area contributed by atoms with E-state index in [4.69, 9.17) is 14.3 Å². The van der Waals surface area contributed by atoms with Crippen molar-refractivity contribution in [3.63, 3.8) is 0 Å². The summed E-state index contributed by atoms with van der Waals surface area (Å²) in [6.07, 6.45) is 0.393. The number of amides is 1. The van der Waals surface area contributed by atoms with Crippen LogP contribution in [-0.2, 0) is 6.42 Å². The third-order valence-electron chi connectivity index (χ3n) is 3.27. The molecule has 6 nitrogen and oxygen atoms in total. The van der Waals surface area contributed by atoms with Gasteiger partial charge in [0, 0.05) is 12.5 Å². The van der Waals surface area contributed by atoms with Gasteiger partial charge in [0.05, 0.1) is 12.3 Å². The third-order valence-corrected chi connectivity index (χ3v) is 3.27. The van der Waals surface area contributed by atoms with Crippen LogP contribution in [0.5, 0.6) is 5.75 Å². The smallest absolute Gasteiger partial charge is 0.339 e. The largest absolute Gasteiger partial charge is 0.492 e. The number of hydrogen-bond donors (Lipinski definition) is 2. The van der Waals surface area contributed by atoms with Gasteiger partial charge in [0.25, 0.3) is 5.91 Å². The van der Waals surface area contributed by atoms with Crippen LogP contribution in [0, 0.1) is 6.92 Å². The Morgan fingerprint density at radius 1 is 1.26 bits per heavy atom. The zero-order valence-electron chi connectivity index (χ0n) is 13.3. The number of carboxylic acids is 1. The maximum Gasteiger partial charge on any atom is 0.339 e. The van der Waals surface area contributed by atoms with Crippen LogP contribution in [0.4, 0.5) is 5.69 Å². The van der Waals surface area contributed by atoms with Crippen LogP contribution in [0.3, 0.4) is 0 Å². The number of aryl methyl sites for hydroxylation is 2. The van der Waals surface area contributed by atoms with E-state index in [9.17, 15) is 9.59 Å². The van der Waals surface area contributed by atoms with Crippen molar-refractivity contribution < 1.29 is 23.8 Å². The summed E-state index contributed by atoms with van der Waals surface area (Å²) in [7, 11) is 0. The number of carbonyl (C=O) groups is 2. The Balaban J connectivity index is 2.27. The van der Waals surface area contributed by atoms with E-state index in [1.165, 1.54) is 6.07 Å². The van der Waals surface area contributed by atoms with E-state index >= 15 is 0 Å². The molecule has 0 radical (unpaired) electrons. The van der Waals surface area contributed by atoms with Crippen LogP contribution in [0.15, 0.2) is 28.7 Å². The molecule has 0 saturated carbocycles. The number of carboxylic acid groups (broad SMARTS) is 1. The Morgan fingerprint density at radius 2 is 2.00 bits per heavy atom. The maximum atomic E-state index is 12.3. The molecule has 1 heterocycles. The first kappa shape index (κ1) is 16.6. The summed E-state index contributed by atoms with van der Waals surface area (Å²) in [4.78, 5) is 23.4. The number of nitrogens with one attached hydrogen (secondary N) is 1. The second-order valence-electron chi connectivity index (χ2n) is 4.99. The summed E-state index contributed by atoms with van der Waals surface area (Å²) in [6.45, 7) is 6.01. The highest BCUT2D eigenvalue weighted by Crippen LogP contribution is 2.27. The van der Waals surface area contributed by atoms with Crippen LogP contribution >= 0.6 is 0 Å². The molecule has 0 aliphatic heterocycles. The van der Waals surface area contributed by atoms with Crippen LogP contribution in [0.2, 0.25) is 0 Å². The number of aromatic carboxylic acids is 1. The van der Waals surface area contributed by atoms with Crippen molar-refractivity contribution >= 4 is 17.6 Å². The van der Waals surface area contributed by atoms with Gasteiger partial charge in [-0.25, -0.2) is 4.79 Å². The Hall–Kier alpha value is -2.76. The van der Waals surface area contributed by atoms with Gasteiger partial charge in [0.15, 0.2) is 5.76 Å². The second kappa shape index (κ2) is 7.00. The van der Waals surface area contributed by atoms with Gasteiger partial charge >= 0.3 is 5.97 Å². The van der Waals surface area contributed by atoms with Crippen LogP contribution in [0.25, 0.3) is 0 Å².